The Morgan fingerprint density at radius 1 is 1.42 bits per heavy atom. The van der Waals surface area contributed by atoms with Gasteiger partial charge in [0.25, 0.3) is 0 Å². The molecule has 0 heterocycles. The molecule has 0 saturated heterocycles. The standard InChI is InChI=1S/C12H12ClNO5/c13-11(16)6-1-2-7-19-10-5-3-4-9(8-15)12(10)14(17)18/h3-5,8H,1-2,6-7H2. The molecule has 7 heteroatoms. The van der Waals surface area contributed by atoms with Gasteiger partial charge in [-0.25, -0.2) is 0 Å². The molecule has 0 aliphatic heterocycles. The Morgan fingerprint density at radius 3 is 2.74 bits per heavy atom. The number of carbonyl (C=O) groups is 2. The molecule has 0 fully saturated rings. The normalized spacial score (nSPS) is 9.95. The molecule has 0 unspecified atom stereocenters. The lowest BCUT2D eigenvalue weighted by molar-refractivity contribution is -0.386. The van der Waals surface area contributed by atoms with E-state index in [1.807, 2.05) is 0 Å². The van der Waals surface area contributed by atoms with Crippen molar-refractivity contribution in [3.63, 3.8) is 0 Å². The summed E-state index contributed by atoms with van der Waals surface area (Å²) < 4.78 is 5.27. The Bertz CT molecular complexity index is 489. The Balaban J connectivity index is 2.65. The molecule has 0 atom stereocenters. The molecule has 0 aliphatic carbocycles. The van der Waals surface area contributed by atoms with Crippen molar-refractivity contribution in [2.75, 3.05) is 6.61 Å². The van der Waals surface area contributed by atoms with Crippen LogP contribution in [0.5, 0.6) is 5.75 Å². The Morgan fingerprint density at radius 2 is 2.16 bits per heavy atom. The Kier molecular flexibility index (Phi) is 5.95. The lowest BCUT2D eigenvalue weighted by atomic mass is 10.2. The zero-order chi connectivity index (χ0) is 14.3. The molecule has 1 aromatic rings. The second kappa shape index (κ2) is 7.48. The molecule has 1 aromatic carbocycles. The first-order valence-corrected chi connectivity index (χ1v) is 5.97. The van der Waals surface area contributed by atoms with E-state index in [1.165, 1.54) is 18.2 Å². The third kappa shape index (κ3) is 4.67. The van der Waals surface area contributed by atoms with E-state index in [0.29, 0.717) is 19.1 Å². The summed E-state index contributed by atoms with van der Waals surface area (Å²) in [7, 11) is 0. The Labute approximate surface area is 114 Å². The molecule has 0 aliphatic rings. The van der Waals surface area contributed by atoms with Crippen LogP contribution in [0.4, 0.5) is 5.69 Å². The molecule has 0 saturated carbocycles. The summed E-state index contributed by atoms with van der Waals surface area (Å²) in [6.45, 7) is 0.216. The van der Waals surface area contributed by atoms with Crippen LogP contribution in [0, 0.1) is 10.1 Å². The molecule has 1 rings (SSSR count). The molecular formula is C12H12ClNO5. The van der Waals surface area contributed by atoms with Gasteiger partial charge in [-0.15, -0.1) is 0 Å². The van der Waals surface area contributed by atoms with Gasteiger partial charge in [-0.2, -0.15) is 0 Å². The summed E-state index contributed by atoms with van der Waals surface area (Å²) >= 11 is 5.17. The fraction of sp³-hybridized carbons (Fsp3) is 0.333. The van der Waals surface area contributed by atoms with Gasteiger partial charge in [0.2, 0.25) is 5.24 Å². The summed E-state index contributed by atoms with van der Waals surface area (Å²) in [6.07, 6.45) is 1.74. The summed E-state index contributed by atoms with van der Waals surface area (Å²) in [4.78, 5) is 31.5. The van der Waals surface area contributed by atoms with E-state index in [4.69, 9.17) is 16.3 Å². The fourth-order valence-electron chi connectivity index (χ4n) is 1.49. The van der Waals surface area contributed by atoms with E-state index in [1.54, 1.807) is 0 Å². The fourth-order valence-corrected chi connectivity index (χ4v) is 1.63. The van der Waals surface area contributed by atoms with Crippen LogP contribution in [0.2, 0.25) is 0 Å². The van der Waals surface area contributed by atoms with E-state index in [2.05, 4.69) is 0 Å². The topological polar surface area (TPSA) is 86.5 Å². The SMILES string of the molecule is O=Cc1cccc(OCCCCC(=O)Cl)c1[N+](=O)[O-]. The van der Waals surface area contributed by atoms with E-state index in [0.717, 1.165) is 0 Å². The molecule has 0 aromatic heterocycles. The maximum Gasteiger partial charge on any atom is 0.321 e. The molecule has 0 bridgehead atoms. The number of para-hydroxylation sites is 1. The van der Waals surface area contributed by atoms with Crippen LogP contribution in [0.3, 0.4) is 0 Å². The van der Waals surface area contributed by atoms with Gasteiger partial charge in [0, 0.05) is 6.42 Å². The summed E-state index contributed by atoms with van der Waals surface area (Å²) in [5.41, 5.74) is -0.371. The average molecular weight is 286 g/mol. The van der Waals surface area contributed by atoms with Gasteiger partial charge in [-0.1, -0.05) is 6.07 Å². The number of carbonyl (C=O) groups excluding carboxylic acids is 2. The smallest absolute Gasteiger partial charge is 0.321 e. The van der Waals surface area contributed by atoms with Crippen molar-refractivity contribution < 1.29 is 19.2 Å². The highest BCUT2D eigenvalue weighted by Crippen LogP contribution is 2.29. The van der Waals surface area contributed by atoms with Crippen LogP contribution in [0.25, 0.3) is 0 Å². The van der Waals surface area contributed by atoms with Crippen LogP contribution in [0.1, 0.15) is 29.6 Å². The summed E-state index contributed by atoms with van der Waals surface area (Å²) in [5, 5.41) is 10.5. The predicted molar refractivity (Wildman–Crippen MR) is 68.7 cm³/mol. The zero-order valence-electron chi connectivity index (χ0n) is 10.0. The predicted octanol–water partition coefficient (Wildman–Crippen LogP) is 2.72. The van der Waals surface area contributed by atoms with Crippen LogP contribution in [0.15, 0.2) is 18.2 Å². The van der Waals surface area contributed by atoms with Crippen LogP contribution in [-0.4, -0.2) is 23.1 Å². The van der Waals surface area contributed by atoms with Gasteiger partial charge in [0.15, 0.2) is 12.0 Å². The number of nitro groups is 1. The van der Waals surface area contributed by atoms with Gasteiger partial charge in [-0.05, 0) is 36.6 Å². The lowest BCUT2D eigenvalue weighted by Crippen LogP contribution is -2.03. The van der Waals surface area contributed by atoms with Crippen LogP contribution in [-0.2, 0) is 4.79 Å². The van der Waals surface area contributed by atoms with Crippen LogP contribution >= 0.6 is 11.6 Å². The number of ether oxygens (including phenoxy) is 1. The molecular weight excluding hydrogens is 274 g/mol. The van der Waals surface area contributed by atoms with Gasteiger partial charge < -0.3 is 4.74 Å². The number of nitro benzene ring substituents is 1. The highest BCUT2D eigenvalue weighted by molar-refractivity contribution is 6.63. The first-order chi connectivity index (χ1) is 9.06. The maximum absolute atomic E-state index is 10.9. The molecule has 0 radical (unpaired) electrons. The molecule has 0 amide bonds. The van der Waals surface area contributed by atoms with E-state index in [9.17, 15) is 19.7 Å². The second-order valence-electron chi connectivity index (χ2n) is 3.73. The molecule has 0 spiro atoms. The minimum absolute atomic E-state index is 0.0292. The van der Waals surface area contributed by atoms with Crippen molar-refractivity contribution >= 4 is 28.8 Å². The second-order valence-corrected chi connectivity index (χ2v) is 4.15. The van der Waals surface area contributed by atoms with Crippen LogP contribution < -0.4 is 4.74 Å². The highest BCUT2D eigenvalue weighted by Gasteiger charge is 2.20. The number of hydrogen-bond donors (Lipinski definition) is 0. The zero-order valence-corrected chi connectivity index (χ0v) is 10.8. The quantitative estimate of drug-likeness (QED) is 0.241. The molecule has 19 heavy (non-hydrogen) atoms. The van der Waals surface area contributed by atoms with Crippen molar-refractivity contribution in [2.45, 2.75) is 19.3 Å². The molecule has 6 nitrogen and oxygen atoms in total. The number of unbranched alkanes of at least 4 members (excludes halogenated alkanes) is 1. The van der Waals surface area contributed by atoms with E-state index >= 15 is 0 Å². The van der Waals surface area contributed by atoms with E-state index in [-0.39, 0.29) is 30.0 Å². The van der Waals surface area contributed by atoms with Crippen molar-refractivity contribution in [3.8, 4) is 5.75 Å². The summed E-state index contributed by atoms with van der Waals surface area (Å²) in [6, 6.07) is 4.29. The summed E-state index contributed by atoms with van der Waals surface area (Å²) in [5.74, 6) is 0.0480. The first kappa shape index (κ1) is 15.1. The van der Waals surface area contributed by atoms with Crippen molar-refractivity contribution in [1.82, 2.24) is 0 Å². The number of aldehydes is 1. The highest BCUT2D eigenvalue weighted by atomic mass is 35.5. The number of hydrogen-bond acceptors (Lipinski definition) is 5. The monoisotopic (exact) mass is 285 g/mol. The average Bonchev–Trinajstić information content (AvgIpc) is 2.37. The van der Waals surface area contributed by atoms with Crippen molar-refractivity contribution in [1.29, 1.82) is 0 Å². The molecule has 102 valence electrons. The number of halogens is 1. The van der Waals surface area contributed by atoms with Crippen molar-refractivity contribution in [2.24, 2.45) is 0 Å². The third-order valence-corrected chi connectivity index (χ3v) is 2.55. The van der Waals surface area contributed by atoms with E-state index < -0.39 is 10.2 Å². The number of rotatable bonds is 8. The minimum Gasteiger partial charge on any atom is -0.487 e. The Hall–Kier alpha value is -1.95. The van der Waals surface area contributed by atoms with Gasteiger partial charge in [-0.3, -0.25) is 19.7 Å². The molecule has 0 N–H and O–H groups in total. The minimum atomic E-state index is -0.651. The lowest BCUT2D eigenvalue weighted by Gasteiger charge is -2.07. The van der Waals surface area contributed by atoms with Gasteiger partial charge in [0.1, 0.15) is 0 Å². The van der Waals surface area contributed by atoms with Gasteiger partial charge >= 0.3 is 5.69 Å². The largest absolute Gasteiger partial charge is 0.487 e. The maximum atomic E-state index is 10.9. The van der Waals surface area contributed by atoms with Gasteiger partial charge in [0.05, 0.1) is 17.1 Å². The number of benzene rings is 1. The third-order valence-electron chi connectivity index (χ3n) is 2.36. The van der Waals surface area contributed by atoms with Crippen molar-refractivity contribution in [3.05, 3.63) is 33.9 Å². The number of nitrogens with zero attached hydrogens (tertiary/aromatic N) is 1. The first-order valence-electron chi connectivity index (χ1n) is 5.60.